The molecule has 0 atom stereocenters. The summed E-state index contributed by atoms with van der Waals surface area (Å²) in [5.41, 5.74) is -1.63. The van der Waals surface area contributed by atoms with Crippen LogP contribution in [-0.2, 0) is 12.7 Å². The van der Waals surface area contributed by atoms with Gasteiger partial charge in [-0.1, -0.05) is 12.1 Å². The minimum Gasteiger partial charge on any atom is -0.497 e. The number of nitrogens with zero attached hydrogens (tertiary/aromatic N) is 1. The predicted molar refractivity (Wildman–Crippen MR) is 99.8 cm³/mol. The highest BCUT2D eigenvalue weighted by Gasteiger charge is 2.33. The number of anilines is 1. The molecular weight excluding hydrogens is 373 g/mol. The number of alkyl halides is 3. The number of ether oxygens (including phenoxy) is 1. The maximum absolute atomic E-state index is 13.2. The molecule has 8 heteroatoms. The Morgan fingerprint density at radius 3 is 2.54 bits per heavy atom. The molecule has 0 aliphatic carbocycles. The van der Waals surface area contributed by atoms with E-state index in [1.165, 1.54) is 31.5 Å². The van der Waals surface area contributed by atoms with E-state index in [-0.39, 0.29) is 10.9 Å². The van der Waals surface area contributed by atoms with Gasteiger partial charge in [-0.05, 0) is 37.3 Å². The molecule has 1 aromatic heterocycles. The molecule has 1 heterocycles. The molecule has 2 aromatic carbocycles. The van der Waals surface area contributed by atoms with Crippen molar-refractivity contribution in [1.29, 1.82) is 0 Å². The van der Waals surface area contributed by atoms with E-state index in [2.05, 4.69) is 5.32 Å². The Morgan fingerprint density at radius 1 is 1.18 bits per heavy atom. The maximum Gasteiger partial charge on any atom is 0.418 e. The molecule has 0 bridgehead atoms. The Kier molecular flexibility index (Phi) is 5.13. The summed E-state index contributed by atoms with van der Waals surface area (Å²) in [6, 6.07) is 9.50. The van der Waals surface area contributed by atoms with Gasteiger partial charge in [0.15, 0.2) is 0 Å². The van der Waals surface area contributed by atoms with Crippen LogP contribution >= 0.6 is 0 Å². The average Bonchev–Trinajstić information content (AvgIpc) is 2.67. The van der Waals surface area contributed by atoms with Crippen LogP contribution in [0.3, 0.4) is 0 Å². The number of aromatic nitrogens is 1. The zero-order valence-corrected chi connectivity index (χ0v) is 15.1. The van der Waals surface area contributed by atoms with Crippen molar-refractivity contribution in [3.8, 4) is 5.75 Å². The van der Waals surface area contributed by atoms with Crippen LogP contribution in [0.25, 0.3) is 10.9 Å². The number of hydrogen-bond donors (Lipinski definition) is 1. The van der Waals surface area contributed by atoms with Gasteiger partial charge in [0.05, 0.1) is 29.3 Å². The zero-order valence-electron chi connectivity index (χ0n) is 15.1. The Labute approximate surface area is 158 Å². The van der Waals surface area contributed by atoms with Crippen molar-refractivity contribution in [2.75, 3.05) is 12.4 Å². The van der Waals surface area contributed by atoms with Crippen LogP contribution in [0.4, 0.5) is 18.9 Å². The van der Waals surface area contributed by atoms with Gasteiger partial charge in [-0.3, -0.25) is 9.59 Å². The number of halogens is 3. The smallest absolute Gasteiger partial charge is 0.418 e. The molecule has 0 saturated heterocycles. The van der Waals surface area contributed by atoms with E-state index in [0.29, 0.717) is 17.8 Å². The fourth-order valence-corrected chi connectivity index (χ4v) is 2.96. The summed E-state index contributed by atoms with van der Waals surface area (Å²) in [6.07, 6.45) is -3.28. The number of methoxy groups -OCH3 is 1. The number of carbonyl (C=O) groups excluding carboxylic acids is 1. The van der Waals surface area contributed by atoms with E-state index in [0.717, 1.165) is 12.1 Å². The second-order valence-corrected chi connectivity index (χ2v) is 6.04. The average molecular weight is 390 g/mol. The number of benzene rings is 2. The van der Waals surface area contributed by atoms with E-state index in [9.17, 15) is 22.8 Å². The highest BCUT2D eigenvalue weighted by atomic mass is 19.4. The first-order chi connectivity index (χ1) is 13.3. The molecular formula is C20H17F3N2O3. The molecule has 5 nitrogen and oxygen atoms in total. The molecule has 0 aliphatic heterocycles. The molecule has 0 unspecified atom stereocenters. The summed E-state index contributed by atoms with van der Waals surface area (Å²) < 4.78 is 46.3. The molecule has 0 spiro atoms. The van der Waals surface area contributed by atoms with Crippen LogP contribution in [0, 0.1) is 0 Å². The minimum absolute atomic E-state index is 0.248. The Balaban J connectivity index is 2.10. The first kappa shape index (κ1) is 19.5. The fraction of sp³-hybridized carbons (Fsp3) is 0.200. The van der Waals surface area contributed by atoms with Crippen molar-refractivity contribution in [2.45, 2.75) is 19.6 Å². The lowest BCUT2D eigenvalue weighted by atomic mass is 10.1. The minimum atomic E-state index is -4.63. The molecule has 0 saturated carbocycles. The summed E-state index contributed by atoms with van der Waals surface area (Å²) in [7, 11) is 1.45. The highest BCUT2D eigenvalue weighted by molar-refractivity contribution is 6.06. The second kappa shape index (κ2) is 7.38. The SMILES string of the molecule is CCn1cc(C(=O)Nc2ccccc2C(F)(F)F)c(=O)c2cc(OC)ccc21. The lowest BCUT2D eigenvalue weighted by Crippen LogP contribution is -2.25. The quantitative estimate of drug-likeness (QED) is 0.723. The summed E-state index contributed by atoms with van der Waals surface area (Å²) >= 11 is 0. The highest BCUT2D eigenvalue weighted by Crippen LogP contribution is 2.34. The van der Waals surface area contributed by atoms with Crippen LogP contribution in [0.5, 0.6) is 5.75 Å². The molecule has 0 radical (unpaired) electrons. The summed E-state index contributed by atoms with van der Waals surface area (Å²) in [4.78, 5) is 25.5. The van der Waals surface area contributed by atoms with Gasteiger partial charge >= 0.3 is 6.18 Å². The Bertz CT molecular complexity index is 1100. The van der Waals surface area contributed by atoms with Gasteiger partial charge in [0, 0.05) is 12.7 Å². The standard InChI is InChI=1S/C20H17F3N2O3/c1-3-25-11-14(18(26)13-10-12(28-2)8-9-17(13)25)19(27)24-16-7-5-4-6-15(16)20(21,22)23/h4-11H,3H2,1-2H3,(H,24,27). The van der Waals surface area contributed by atoms with E-state index >= 15 is 0 Å². The molecule has 1 amide bonds. The van der Waals surface area contributed by atoms with Crippen LogP contribution in [0.15, 0.2) is 53.5 Å². The van der Waals surface area contributed by atoms with Crippen LogP contribution in [-0.4, -0.2) is 17.6 Å². The zero-order chi connectivity index (χ0) is 20.5. The number of amides is 1. The first-order valence-electron chi connectivity index (χ1n) is 8.45. The van der Waals surface area contributed by atoms with Gasteiger partial charge in [-0.2, -0.15) is 13.2 Å². The van der Waals surface area contributed by atoms with Crippen molar-refractivity contribution in [2.24, 2.45) is 0 Å². The Hall–Kier alpha value is -3.29. The number of pyridine rings is 1. The molecule has 1 N–H and O–H groups in total. The first-order valence-corrected chi connectivity index (χ1v) is 8.45. The number of nitrogens with one attached hydrogen (secondary N) is 1. The number of rotatable bonds is 4. The van der Waals surface area contributed by atoms with Crippen molar-refractivity contribution in [3.63, 3.8) is 0 Å². The lowest BCUT2D eigenvalue weighted by Gasteiger charge is -2.15. The third kappa shape index (κ3) is 3.58. The van der Waals surface area contributed by atoms with Gasteiger partial charge in [-0.15, -0.1) is 0 Å². The fourth-order valence-electron chi connectivity index (χ4n) is 2.96. The van der Waals surface area contributed by atoms with Gasteiger partial charge in [0.1, 0.15) is 11.3 Å². The second-order valence-electron chi connectivity index (χ2n) is 6.04. The largest absolute Gasteiger partial charge is 0.497 e. The molecule has 146 valence electrons. The van der Waals surface area contributed by atoms with E-state index in [1.807, 2.05) is 6.92 Å². The Morgan fingerprint density at radius 2 is 1.89 bits per heavy atom. The van der Waals surface area contributed by atoms with Crippen molar-refractivity contribution in [3.05, 3.63) is 70.0 Å². The van der Waals surface area contributed by atoms with Gasteiger partial charge in [0.25, 0.3) is 5.91 Å². The maximum atomic E-state index is 13.2. The molecule has 3 aromatic rings. The van der Waals surface area contributed by atoms with Crippen LogP contribution in [0.2, 0.25) is 0 Å². The normalized spacial score (nSPS) is 11.5. The monoisotopic (exact) mass is 390 g/mol. The molecule has 28 heavy (non-hydrogen) atoms. The number of carbonyl (C=O) groups is 1. The van der Waals surface area contributed by atoms with Gasteiger partial charge in [0.2, 0.25) is 5.43 Å². The number of aryl methyl sites for hydroxylation is 1. The third-order valence-electron chi connectivity index (χ3n) is 4.35. The van der Waals surface area contributed by atoms with Crippen molar-refractivity contribution in [1.82, 2.24) is 4.57 Å². The molecule has 3 rings (SSSR count). The van der Waals surface area contributed by atoms with E-state index < -0.39 is 28.8 Å². The summed E-state index contributed by atoms with van der Waals surface area (Å²) in [5, 5.41) is 2.46. The van der Waals surface area contributed by atoms with Gasteiger partial charge < -0.3 is 14.6 Å². The van der Waals surface area contributed by atoms with Crippen molar-refractivity contribution >= 4 is 22.5 Å². The van der Waals surface area contributed by atoms with E-state index in [1.54, 1.807) is 16.7 Å². The van der Waals surface area contributed by atoms with E-state index in [4.69, 9.17) is 4.74 Å². The molecule has 0 fully saturated rings. The van der Waals surface area contributed by atoms with Crippen LogP contribution < -0.4 is 15.5 Å². The molecule has 0 aliphatic rings. The number of fused-ring (bicyclic) bond motifs is 1. The van der Waals surface area contributed by atoms with Gasteiger partial charge in [-0.25, -0.2) is 0 Å². The van der Waals surface area contributed by atoms with Crippen molar-refractivity contribution < 1.29 is 22.7 Å². The number of para-hydroxylation sites is 1. The summed E-state index contributed by atoms with van der Waals surface area (Å²) in [6.45, 7) is 2.29. The topological polar surface area (TPSA) is 60.3 Å². The lowest BCUT2D eigenvalue weighted by molar-refractivity contribution is -0.136. The summed E-state index contributed by atoms with van der Waals surface area (Å²) in [5.74, 6) is -0.471. The van der Waals surface area contributed by atoms with Crippen LogP contribution in [0.1, 0.15) is 22.8 Å². The third-order valence-corrected chi connectivity index (χ3v) is 4.35. The predicted octanol–water partition coefficient (Wildman–Crippen LogP) is 4.30. The number of hydrogen-bond acceptors (Lipinski definition) is 3.